The molecule has 4 nitrogen and oxygen atoms in total. The van der Waals surface area contributed by atoms with Crippen molar-refractivity contribution in [2.75, 3.05) is 11.9 Å². The Morgan fingerprint density at radius 1 is 1.27 bits per heavy atom. The van der Waals surface area contributed by atoms with Gasteiger partial charge in [0.1, 0.15) is 5.82 Å². The second-order valence-corrected chi connectivity index (χ2v) is 5.45. The van der Waals surface area contributed by atoms with Gasteiger partial charge in [0.2, 0.25) is 0 Å². The Bertz CT molecular complexity index is 686. The van der Waals surface area contributed by atoms with Gasteiger partial charge < -0.3 is 10.1 Å². The summed E-state index contributed by atoms with van der Waals surface area (Å²) in [5.74, 6) is 0.314. The van der Waals surface area contributed by atoms with Gasteiger partial charge in [-0.3, -0.25) is 0 Å². The topological polar surface area (TPSA) is 51.2 Å². The molecule has 1 N–H and O–H groups in total. The van der Waals surface area contributed by atoms with E-state index in [1.807, 2.05) is 32.0 Å². The van der Waals surface area contributed by atoms with Gasteiger partial charge in [-0.2, -0.15) is 0 Å². The average Bonchev–Trinajstić information content (AvgIpc) is 2.50. The van der Waals surface area contributed by atoms with Crippen LogP contribution in [0.15, 0.2) is 30.5 Å². The van der Waals surface area contributed by atoms with Crippen LogP contribution in [0.4, 0.5) is 5.82 Å². The van der Waals surface area contributed by atoms with Crippen LogP contribution in [-0.2, 0) is 11.3 Å². The summed E-state index contributed by atoms with van der Waals surface area (Å²) < 4.78 is 5.05. The van der Waals surface area contributed by atoms with Crippen LogP contribution in [0.25, 0.3) is 0 Å². The highest BCUT2D eigenvalue weighted by Crippen LogP contribution is 2.18. The van der Waals surface area contributed by atoms with E-state index in [-0.39, 0.29) is 5.97 Å². The number of nitrogens with zero attached hydrogens (tertiary/aromatic N) is 1. The summed E-state index contributed by atoms with van der Waals surface area (Å²) in [6, 6.07) is 7.58. The lowest BCUT2D eigenvalue weighted by Gasteiger charge is -2.10. The Morgan fingerprint density at radius 2 is 2.05 bits per heavy atom. The molecular formula is C17H19ClN2O2. The van der Waals surface area contributed by atoms with Crippen molar-refractivity contribution in [3.05, 3.63) is 57.7 Å². The molecule has 2 aromatic rings. The molecule has 0 radical (unpaired) electrons. The number of aromatic nitrogens is 1. The third-order valence-corrected chi connectivity index (χ3v) is 3.72. The second-order valence-electron chi connectivity index (χ2n) is 5.04. The standard InChI is InChI=1S/C17H19ClN2O2/c1-4-22-17(21)14-8-16(19-9-12(14)3)20-10-13-5-6-15(18)11(2)7-13/h5-9H,4,10H2,1-3H3,(H,19,20). The van der Waals surface area contributed by atoms with Crippen LogP contribution in [0.5, 0.6) is 0 Å². The maximum Gasteiger partial charge on any atom is 0.338 e. The maximum atomic E-state index is 11.9. The number of hydrogen-bond donors (Lipinski definition) is 1. The highest BCUT2D eigenvalue weighted by atomic mass is 35.5. The predicted molar refractivity (Wildman–Crippen MR) is 88.4 cm³/mol. The number of carbonyl (C=O) groups excluding carboxylic acids is 1. The zero-order valence-corrected chi connectivity index (χ0v) is 13.7. The summed E-state index contributed by atoms with van der Waals surface area (Å²) in [4.78, 5) is 16.2. The third-order valence-electron chi connectivity index (χ3n) is 3.29. The number of halogens is 1. The number of pyridine rings is 1. The Balaban J connectivity index is 2.11. The van der Waals surface area contributed by atoms with E-state index in [9.17, 15) is 4.79 Å². The quantitative estimate of drug-likeness (QED) is 0.842. The first-order valence-corrected chi connectivity index (χ1v) is 7.51. The lowest BCUT2D eigenvalue weighted by atomic mass is 10.1. The van der Waals surface area contributed by atoms with Gasteiger partial charge in [0.05, 0.1) is 12.2 Å². The van der Waals surface area contributed by atoms with E-state index in [4.69, 9.17) is 16.3 Å². The fourth-order valence-electron chi connectivity index (χ4n) is 2.06. The zero-order chi connectivity index (χ0) is 16.1. The van der Waals surface area contributed by atoms with Crippen molar-refractivity contribution in [3.8, 4) is 0 Å². The van der Waals surface area contributed by atoms with Gasteiger partial charge >= 0.3 is 5.97 Å². The first kappa shape index (κ1) is 16.3. The number of ether oxygens (including phenoxy) is 1. The number of anilines is 1. The molecule has 5 heteroatoms. The minimum absolute atomic E-state index is 0.326. The van der Waals surface area contributed by atoms with Gasteiger partial charge in [-0.25, -0.2) is 9.78 Å². The van der Waals surface area contributed by atoms with Gasteiger partial charge in [0.25, 0.3) is 0 Å². The van der Waals surface area contributed by atoms with E-state index in [2.05, 4.69) is 10.3 Å². The van der Waals surface area contributed by atoms with Crippen LogP contribution >= 0.6 is 11.6 Å². The fourth-order valence-corrected chi connectivity index (χ4v) is 2.18. The van der Waals surface area contributed by atoms with Crippen LogP contribution < -0.4 is 5.32 Å². The largest absolute Gasteiger partial charge is 0.462 e. The summed E-state index contributed by atoms with van der Waals surface area (Å²) in [5, 5.41) is 3.96. The van der Waals surface area contributed by atoms with Crippen LogP contribution in [0.1, 0.15) is 34.0 Å². The molecule has 0 atom stereocenters. The molecule has 0 spiro atoms. The molecule has 2 rings (SSSR count). The Morgan fingerprint density at radius 3 is 2.73 bits per heavy atom. The summed E-state index contributed by atoms with van der Waals surface area (Å²) in [5.41, 5.74) is 3.46. The summed E-state index contributed by atoms with van der Waals surface area (Å²) in [7, 11) is 0. The second kappa shape index (κ2) is 7.27. The van der Waals surface area contributed by atoms with Crippen LogP contribution in [0.3, 0.4) is 0 Å². The molecule has 0 saturated carbocycles. The van der Waals surface area contributed by atoms with Crippen molar-refractivity contribution in [2.24, 2.45) is 0 Å². The van der Waals surface area contributed by atoms with Crippen molar-refractivity contribution in [1.82, 2.24) is 4.98 Å². The smallest absolute Gasteiger partial charge is 0.338 e. The molecule has 116 valence electrons. The first-order valence-electron chi connectivity index (χ1n) is 7.14. The number of esters is 1. The van der Waals surface area contributed by atoms with Gasteiger partial charge in [-0.1, -0.05) is 23.7 Å². The highest BCUT2D eigenvalue weighted by Gasteiger charge is 2.11. The number of rotatable bonds is 5. The van der Waals surface area contributed by atoms with Crippen LogP contribution in [0.2, 0.25) is 5.02 Å². The van der Waals surface area contributed by atoms with Crippen molar-refractivity contribution in [3.63, 3.8) is 0 Å². The number of aryl methyl sites for hydroxylation is 2. The molecule has 0 amide bonds. The van der Waals surface area contributed by atoms with Crippen LogP contribution in [0, 0.1) is 13.8 Å². The van der Waals surface area contributed by atoms with E-state index < -0.39 is 0 Å². The highest BCUT2D eigenvalue weighted by molar-refractivity contribution is 6.31. The first-order chi connectivity index (χ1) is 10.5. The molecule has 0 aliphatic rings. The van der Waals surface area contributed by atoms with E-state index in [1.165, 1.54) is 0 Å². The van der Waals surface area contributed by atoms with E-state index >= 15 is 0 Å². The van der Waals surface area contributed by atoms with Crippen molar-refractivity contribution < 1.29 is 9.53 Å². The normalized spacial score (nSPS) is 10.4. The van der Waals surface area contributed by atoms with Crippen molar-refractivity contribution in [1.29, 1.82) is 0 Å². The monoisotopic (exact) mass is 318 g/mol. The van der Waals surface area contributed by atoms with E-state index in [0.29, 0.717) is 24.5 Å². The fraction of sp³-hybridized carbons (Fsp3) is 0.294. The number of benzene rings is 1. The Kier molecular flexibility index (Phi) is 5.39. The minimum atomic E-state index is -0.326. The number of carbonyl (C=O) groups is 1. The lowest BCUT2D eigenvalue weighted by Crippen LogP contribution is -2.09. The molecule has 0 fully saturated rings. The van der Waals surface area contributed by atoms with Gasteiger partial charge in [0, 0.05) is 17.8 Å². The number of nitrogens with one attached hydrogen (secondary N) is 1. The predicted octanol–water partition coefficient (Wildman–Crippen LogP) is 4.14. The third kappa shape index (κ3) is 3.98. The van der Waals surface area contributed by atoms with Gasteiger partial charge in [-0.15, -0.1) is 0 Å². The van der Waals surface area contributed by atoms with Gasteiger partial charge in [0.15, 0.2) is 0 Å². The Labute approximate surface area is 135 Å². The van der Waals surface area contributed by atoms with E-state index in [1.54, 1.807) is 19.2 Å². The summed E-state index contributed by atoms with van der Waals surface area (Å²) in [6.45, 7) is 6.56. The molecule has 0 aliphatic carbocycles. The molecule has 0 aliphatic heterocycles. The molecule has 0 unspecified atom stereocenters. The molecule has 1 aromatic heterocycles. The maximum absolute atomic E-state index is 11.9. The number of hydrogen-bond acceptors (Lipinski definition) is 4. The SMILES string of the molecule is CCOC(=O)c1cc(NCc2ccc(Cl)c(C)c2)ncc1C. The minimum Gasteiger partial charge on any atom is -0.462 e. The molecule has 1 heterocycles. The van der Waals surface area contributed by atoms with Gasteiger partial charge in [-0.05, 0) is 49.6 Å². The average molecular weight is 319 g/mol. The zero-order valence-electron chi connectivity index (χ0n) is 12.9. The molecule has 22 heavy (non-hydrogen) atoms. The molecule has 1 aromatic carbocycles. The summed E-state index contributed by atoms with van der Waals surface area (Å²) in [6.07, 6.45) is 1.67. The molecular weight excluding hydrogens is 300 g/mol. The molecule has 0 bridgehead atoms. The van der Waals surface area contributed by atoms with Crippen molar-refractivity contribution in [2.45, 2.75) is 27.3 Å². The van der Waals surface area contributed by atoms with Crippen LogP contribution in [-0.4, -0.2) is 17.6 Å². The Hall–Kier alpha value is -2.07. The van der Waals surface area contributed by atoms with E-state index in [0.717, 1.165) is 21.7 Å². The molecule has 0 saturated heterocycles. The van der Waals surface area contributed by atoms with Crippen molar-refractivity contribution >= 4 is 23.4 Å². The lowest BCUT2D eigenvalue weighted by molar-refractivity contribution is 0.0525. The summed E-state index contributed by atoms with van der Waals surface area (Å²) >= 11 is 6.02.